The zero-order chi connectivity index (χ0) is 9.97. The molecule has 2 rings (SSSR count). The molecule has 3 nitrogen and oxygen atoms in total. The quantitative estimate of drug-likeness (QED) is 0.737. The summed E-state index contributed by atoms with van der Waals surface area (Å²) in [6.45, 7) is 0. The monoisotopic (exact) mass is 206 g/mol. The van der Waals surface area contributed by atoms with E-state index in [-0.39, 0.29) is 0 Å². The van der Waals surface area contributed by atoms with Gasteiger partial charge in [-0.25, -0.2) is 0 Å². The van der Waals surface area contributed by atoms with Gasteiger partial charge in [-0.05, 0) is 17.7 Å². The van der Waals surface area contributed by atoms with Crippen LogP contribution in [0.5, 0.6) is 0 Å². The van der Waals surface area contributed by atoms with E-state index in [1.807, 2.05) is 12.1 Å². The predicted octanol–water partition coefficient (Wildman–Crippen LogP) is 1.81. The van der Waals surface area contributed by atoms with E-state index in [0.717, 1.165) is 10.4 Å². The second kappa shape index (κ2) is 3.77. The average Bonchev–Trinajstić information content (AvgIpc) is 2.71. The van der Waals surface area contributed by atoms with Gasteiger partial charge in [0.1, 0.15) is 6.10 Å². The molecule has 0 bridgehead atoms. The molecule has 3 N–H and O–H groups in total. The summed E-state index contributed by atoms with van der Waals surface area (Å²) in [7, 11) is 0. The molecule has 0 aliphatic rings. The topological polar surface area (TPSA) is 59.1 Å². The van der Waals surface area contributed by atoms with Gasteiger partial charge in [0.25, 0.3) is 0 Å². The van der Waals surface area contributed by atoms with Crippen LogP contribution < -0.4 is 5.73 Å². The molecule has 1 aromatic heterocycles. The molecule has 0 aliphatic heterocycles. The normalized spacial score (nSPS) is 12.6. The van der Waals surface area contributed by atoms with E-state index in [9.17, 15) is 5.11 Å². The molecule has 1 heterocycles. The summed E-state index contributed by atoms with van der Waals surface area (Å²) >= 11 is 1.44. The van der Waals surface area contributed by atoms with Gasteiger partial charge < -0.3 is 10.8 Å². The molecule has 0 spiro atoms. The van der Waals surface area contributed by atoms with Crippen molar-refractivity contribution in [2.45, 2.75) is 6.10 Å². The van der Waals surface area contributed by atoms with Crippen LogP contribution in [0.4, 0.5) is 5.69 Å². The number of anilines is 1. The summed E-state index contributed by atoms with van der Waals surface area (Å²) in [6.07, 6.45) is 1.08. The third kappa shape index (κ3) is 1.76. The first kappa shape index (κ1) is 9.18. The Balaban J connectivity index is 2.28. The van der Waals surface area contributed by atoms with E-state index in [1.54, 1.807) is 23.8 Å². The number of benzene rings is 1. The van der Waals surface area contributed by atoms with E-state index >= 15 is 0 Å². The molecule has 0 amide bonds. The summed E-state index contributed by atoms with van der Waals surface area (Å²) in [5.41, 5.74) is 8.79. The van der Waals surface area contributed by atoms with E-state index in [4.69, 9.17) is 5.73 Å². The standard InChI is InChI=1S/C10H10N2OS/c11-8-3-1-7(2-4-8)10(13)9-5-12-6-14-9/h1-6,10,13H,11H2. The summed E-state index contributed by atoms with van der Waals surface area (Å²) in [5.74, 6) is 0. The van der Waals surface area contributed by atoms with E-state index in [2.05, 4.69) is 4.98 Å². The van der Waals surface area contributed by atoms with Gasteiger partial charge in [-0.15, -0.1) is 11.3 Å². The number of nitrogens with zero attached hydrogens (tertiary/aromatic N) is 1. The predicted molar refractivity (Wildman–Crippen MR) is 57.0 cm³/mol. The van der Waals surface area contributed by atoms with Crippen LogP contribution in [0.25, 0.3) is 0 Å². The third-order valence-electron chi connectivity index (χ3n) is 1.97. The molecule has 2 aromatic rings. The fraction of sp³-hybridized carbons (Fsp3) is 0.100. The van der Waals surface area contributed by atoms with E-state index in [1.165, 1.54) is 11.3 Å². The fourth-order valence-electron chi connectivity index (χ4n) is 1.20. The van der Waals surface area contributed by atoms with Crippen molar-refractivity contribution in [1.29, 1.82) is 0 Å². The fourth-order valence-corrected chi connectivity index (χ4v) is 1.83. The van der Waals surface area contributed by atoms with Gasteiger partial charge in [0.15, 0.2) is 0 Å². The Morgan fingerprint density at radius 3 is 2.57 bits per heavy atom. The van der Waals surface area contributed by atoms with Gasteiger partial charge in [-0.2, -0.15) is 0 Å². The lowest BCUT2D eigenvalue weighted by atomic mass is 10.1. The van der Waals surface area contributed by atoms with Crippen molar-refractivity contribution < 1.29 is 5.11 Å². The molecular formula is C10H10N2OS. The van der Waals surface area contributed by atoms with Crippen molar-refractivity contribution in [2.24, 2.45) is 0 Å². The molecule has 0 radical (unpaired) electrons. The second-order valence-corrected chi connectivity index (χ2v) is 3.89. The number of nitrogen functional groups attached to an aromatic ring is 1. The molecule has 0 saturated heterocycles. The number of hydrogen-bond acceptors (Lipinski definition) is 4. The van der Waals surface area contributed by atoms with Crippen molar-refractivity contribution in [3.63, 3.8) is 0 Å². The van der Waals surface area contributed by atoms with Crippen LogP contribution in [0.1, 0.15) is 16.5 Å². The lowest BCUT2D eigenvalue weighted by Gasteiger charge is -2.07. The number of aliphatic hydroxyl groups is 1. The number of nitrogens with two attached hydrogens (primary N) is 1. The summed E-state index contributed by atoms with van der Waals surface area (Å²) < 4.78 is 0. The molecule has 1 aromatic carbocycles. The highest BCUT2D eigenvalue weighted by Crippen LogP contribution is 2.24. The molecule has 1 unspecified atom stereocenters. The van der Waals surface area contributed by atoms with Crippen molar-refractivity contribution in [3.8, 4) is 0 Å². The molecule has 0 fully saturated rings. The Morgan fingerprint density at radius 2 is 2.00 bits per heavy atom. The summed E-state index contributed by atoms with van der Waals surface area (Å²) in [4.78, 5) is 4.76. The maximum Gasteiger partial charge on any atom is 0.115 e. The van der Waals surface area contributed by atoms with Crippen LogP contribution in [-0.4, -0.2) is 10.1 Å². The number of aliphatic hydroxyl groups excluding tert-OH is 1. The van der Waals surface area contributed by atoms with Crippen LogP contribution >= 0.6 is 11.3 Å². The Bertz CT molecular complexity index is 397. The van der Waals surface area contributed by atoms with Crippen LogP contribution in [0.3, 0.4) is 0 Å². The number of thiazole rings is 1. The van der Waals surface area contributed by atoms with Gasteiger partial charge in [0.05, 0.1) is 10.4 Å². The highest BCUT2D eigenvalue weighted by Gasteiger charge is 2.10. The largest absolute Gasteiger partial charge is 0.399 e. The third-order valence-corrected chi connectivity index (χ3v) is 2.80. The van der Waals surface area contributed by atoms with Crippen LogP contribution in [0, 0.1) is 0 Å². The van der Waals surface area contributed by atoms with Crippen molar-refractivity contribution in [2.75, 3.05) is 5.73 Å². The van der Waals surface area contributed by atoms with Gasteiger partial charge in [-0.3, -0.25) is 4.98 Å². The molecule has 0 aliphatic carbocycles. The maximum atomic E-state index is 9.90. The minimum absolute atomic E-state index is 0.594. The first-order chi connectivity index (χ1) is 6.77. The molecule has 14 heavy (non-hydrogen) atoms. The average molecular weight is 206 g/mol. The lowest BCUT2D eigenvalue weighted by Crippen LogP contribution is -1.97. The van der Waals surface area contributed by atoms with E-state index in [0.29, 0.717) is 5.69 Å². The summed E-state index contributed by atoms with van der Waals surface area (Å²) in [6, 6.07) is 7.19. The Kier molecular flexibility index (Phi) is 2.47. The van der Waals surface area contributed by atoms with Gasteiger partial charge in [0, 0.05) is 11.9 Å². The van der Waals surface area contributed by atoms with Crippen molar-refractivity contribution >= 4 is 17.0 Å². The van der Waals surface area contributed by atoms with Crippen LogP contribution in [0.15, 0.2) is 36.0 Å². The number of aromatic nitrogens is 1. The minimum atomic E-state index is -0.594. The maximum absolute atomic E-state index is 9.90. The van der Waals surface area contributed by atoms with Crippen molar-refractivity contribution in [1.82, 2.24) is 4.98 Å². The molecular weight excluding hydrogens is 196 g/mol. The van der Waals surface area contributed by atoms with E-state index < -0.39 is 6.10 Å². The Labute approximate surface area is 85.8 Å². The zero-order valence-electron chi connectivity index (χ0n) is 7.42. The highest BCUT2D eigenvalue weighted by molar-refractivity contribution is 7.09. The van der Waals surface area contributed by atoms with Gasteiger partial charge in [-0.1, -0.05) is 12.1 Å². The smallest absolute Gasteiger partial charge is 0.115 e. The molecule has 72 valence electrons. The van der Waals surface area contributed by atoms with Crippen LogP contribution in [-0.2, 0) is 0 Å². The zero-order valence-corrected chi connectivity index (χ0v) is 8.24. The van der Waals surface area contributed by atoms with Gasteiger partial charge in [0.2, 0.25) is 0 Å². The summed E-state index contributed by atoms with van der Waals surface area (Å²) in [5, 5.41) is 9.90. The van der Waals surface area contributed by atoms with Crippen molar-refractivity contribution in [3.05, 3.63) is 46.4 Å². The van der Waals surface area contributed by atoms with Crippen LogP contribution in [0.2, 0.25) is 0 Å². The molecule has 0 saturated carbocycles. The Morgan fingerprint density at radius 1 is 1.29 bits per heavy atom. The first-order valence-corrected chi connectivity index (χ1v) is 5.07. The first-order valence-electron chi connectivity index (χ1n) is 4.19. The molecule has 4 heteroatoms. The Hall–Kier alpha value is -1.39. The lowest BCUT2D eigenvalue weighted by molar-refractivity contribution is 0.224. The van der Waals surface area contributed by atoms with Gasteiger partial charge >= 0.3 is 0 Å². The highest BCUT2D eigenvalue weighted by atomic mass is 32.1. The molecule has 1 atom stereocenters. The number of rotatable bonds is 2. The number of hydrogen-bond donors (Lipinski definition) is 2. The second-order valence-electron chi connectivity index (χ2n) is 2.97. The SMILES string of the molecule is Nc1ccc(C(O)c2cncs2)cc1. The minimum Gasteiger partial charge on any atom is -0.399 e.